The Morgan fingerprint density at radius 3 is 2.75 bits per heavy atom. The molecule has 0 unspecified atom stereocenters. The summed E-state index contributed by atoms with van der Waals surface area (Å²) in [6, 6.07) is 1.91. The molecule has 2 aromatic heterocycles. The Kier molecular flexibility index (Phi) is 4.86. The monoisotopic (exact) mass is 293 g/mol. The first kappa shape index (κ1) is 14.7. The number of anilines is 1. The van der Waals surface area contributed by atoms with Gasteiger partial charge in [0.05, 0.1) is 17.7 Å². The first-order chi connectivity index (χ1) is 9.60. The predicted octanol–water partition coefficient (Wildman–Crippen LogP) is 1.61. The minimum absolute atomic E-state index is 0.685. The van der Waals surface area contributed by atoms with Crippen LogP contribution in [0.25, 0.3) is 0 Å². The summed E-state index contributed by atoms with van der Waals surface area (Å²) in [4.78, 5) is 15.9. The van der Waals surface area contributed by atoms with Crippen LogP contribution in [0.1, 0.15) is 16.4 Å². The van der Waals surface area contributed by atoms with E-state index < -0.39 is 0 Å². The molecule has 0 radical (unpaired) electrons. The van der Waals surface area contributed by atoms with Crippen molar-refractivity contribution in [3.05, 3.63) is 28.7 Å². The largest absolute Gasteiger partial charge is 0.480 e. The zero-order chi connectivity index (χ0) is 14.5. The van der Waals surface area contributed by atoms with Crippen molar-refractivity contribution >= 4 is 16.5 Å². The number of rotatable bonds is 6. The van der Waals surface area contributed by atoms with E-state index in [4.69, 9.17) is 4.74 Å². The molecule has 1 N–H and O–H groups in total. The van der Waals surface area contributed by atoms with Crippen LogP contribution >= 0.6 is 11.3 Å². The third-order valence-corrected chi connectivity index (χ3v) is 3.86. The van der Waals surface area contributed by atoms with Crippen LogP contribution in [-0.4, -0.2) is 36.2 Å². The van der Waals surface area contributed by atoms with E-state index in [9.17, 15) is 0 Å². The van der Waals surface area contributed by atoms with Crippen LogP contribution in [0.2, 0.25) is 0 Å². The Morgan fingerprint density at radius 2 is 2.10 bits per heavy atom. The van der Waals surface area contributed by atoms with Crippen LogP contribution in [0.3, 0.4) is 0 Å². The van der Waals surface area contributed by atoms with Gasteiger partial charge in [-0.15, -0.1) is 0 Å². The lowest BCUT2D eigenvalue weighted by Gasteiger charge is -2.05. The summed E-state index contributed by atoms with van der Waals surface area (Å²) < 4.78 is 5.31. The number of aryl methyl sites for hydroxylation is 1. The predicted molar refractivity (Wildman–Crippen MR) is 80.3 cm³/mol. The molecular weight excluding hydrogens is 274 g/mol. The molecular formula is C13H19N5OS. The van der Waals surface area contributed by atoms with Crippen molar-refractivity contribution in [2.75, 3.05) is 26.1 Å². The lowest BCUT2D eigenvalue weighted by Crippen LogP contribution is -2.14. The van der Waals surface area contributed by atoms with E-state index in [1.54, 1.807) is 24.6 Å². The standard InChI is InChI=1S/C13H19N5OS/c1-9-15-6-5-10(16-9)7-14-8-11-12(19-4)17-13(20-11)18(2)3/h5-6,14H,7-8H2,1-4H3. The Labute approximate surface area is 122 Å². The number of thiazole rings is 1. The van der Waals surface area contributed by atoms with Gasteiger partial charge in [0.1, 0.15) is 5.82 Å². The first-order valence-corrected chi connectivity index (χ1v) is 7.12. The van der Waals surface area contributed by atoms with E-state index in [-0.39, 0.29) is 0 Å². The fraction of sp³-hybridized carbons (Fsp3) is 0.462. The lowest BCUT2D eigenvalue weighted by molar-refractivity contribution is 0.394. The van der Waals surface area contributed by atoms with Gasteiger partial charge in [-0.3, -0.25) is 0 Å². The highest BCUT2D eigenvalue weighted by atomic mass is 32.1. The van der Waals surface area contributed by atoms with E-state index in [0.29, 0.717) is 19.0 Å². The molecule has 2 heterocycles. The molecule has 0 amide bonds. The van der Waals surface area contributed by atoms with Crippen molar-refractivity contribution in [1.82, 2.24) is 20.3 Å². The van der Waals surface area contributed by atoms with Gasteiger partial charge in [-0.05, 0) is 13.0 Å². The zero-order valence-electron chi connectivity index (χ0n) is 12.2. The van der Waals surface area contributed by atoms with Gasteiger partial charge in [-0.25, -0.2) is 9.97 Å². The minimum atomic E-state index is 0.685. The van der Waals surface area contributed by atoms with Crippen LogP contribution in [0.15, 0.2) is 12.3 Å². The van der Waals surface area contributed by atoms with Crippen molar-refractivity contribution in [3.8, 4) is 5.88 Å². The van der Waals surface area contributed by atoms with Crippen LogP contribution in [0, 0.1) is 6.92 Å². The summed E-state index contributed by atoms with van der Waals surface area (Å²) in [5.41, 5.74) is 0.980. The molecule has 0 bridgehead atoms. The summed E-state index contributed by atoms with van der Waals surface area (Å²) in [5.74, 6) is 1.47. The Balaban J connectivity index is 1.97. The zero-order valence-corrected chi connectivity index (χ0v) is 13.0. The van der Waals surface area contributed by atoms with Gasteiger partial charge in [-0.2, -0.15) is 4.98 Å². The third kappa shape index (κ3) is 3.64. The summed E-state index contributed by atoms with van der Waals surface area (Å²) >= 11 is 1.63. The van der Waals surface area contributed by atoms with Crippen LogP contribution in [-0.2, 0) is 13.1 Å². The SMILES string of the molecule is COc1nc(N(C)C)sc1CNCc1ccnc(C)n1. The highest BCUT2D eigenvalue weighted by Crippen LogP contribution is 2.30. The van der Waals surface area contributed by atoms with Gasteiger partial charge >= 0.3 is 0 Å². The quantitative estimate of drug-likeness (QED) is 0.873. The number of hydrogen-bond acceptors (Lipinski definition) is 7. The van der Waals surface area contributed by atoms with Gasteiger partial charge in [0.25, 0.3) is 0 Å². The van der Waals surface area contributed by atoms with E-state index in [2.05, 4.69) is 20.3 Å². The molecule has 0 fully saturated rings. The van der Waals surface area contributed by atoms with E-state index >= 15 is 0 Å². The van der Waals surface area contributed by atoms with Gasteiger partial charge < -0.3 is 15.0 Å². The van der Waals surface area contributed by atoms with Crippen LogP contribution in [0.4, 0.5) is 5.13 Å². The Morgan fingerprint density at radius 1 is 1.30 bits per heavy atom. The highest BCUT2D eigenvalue weighted by molar-refractivity contribution is 7.15. The Hall–Kier alpha value is -1.73. The van der Waals surface area contributed by atoms with Crippen molar-refractivity contribution in [2.45, 2.75) is 20.0 Å². The third-order valence-electron chi connectivity index (χ3n) is 2.65. The van der Waals surface area contributed by atoms with Crippen LogP contribution in [0.5, 0.6) is 5.88 Å². The summed E-state index contributed by atoms with van der Waals surface area (Å²) in [6.45, 7) is 3.29. The molecule has 0 saturated heterocycles. The molecule has 7 heteroatoms. The number of aromatic nitrogens is 3. The maximum Gasteiger partial charge on any atom is 0.230 e. The van der Waals surface area contributed by atoms with Crippen molar-refractivity contribution in [1.29, 1.82) is 0 Å². The second-order valence-corrected chi connectivity index (χ2v) is 5.58. The molecule has 0 saturated carbocycles. The lowest BCUT2D eigenvalue weighted by atomic mass is 10.4. The normalized spacial score (nSPS) is 10.6. The minimum Gasteiger partial charge on any atom is -0.480 e. The average Bonchev–Trinajstić information content (AvgIpc) is 2.82. The maximum absolute atomic E-state index is 5.31. The van der Waals surface area contributed by atoms with Gasteiger partial charge in [0.2, 0.25) is 5.88 Å². The molecule has 6 nitrogen and oxygen atoms in total. The number of nitrogens with one attached hydrogen (secondary N) is 1. The number of nitrogens with zero attached hydrogens (tertiary/aromatic N) is 4. The smallest absolute Gasteiger partial charge is 0.230 e. The second-order valence-electron chi connectivity index (χ2n) is 4.52. The fourth-order valence-electron chi connectivity index (χ4n) is 1.70. The molecule has 2 aromatic rings. The summed E-state index contributed by atoms with van der Waals surface area (Å²) in [5, 5.41) is 4.30. The second kappa shape index (κ2) is 6.62. The number of methoxy groups -OCH3 is 1. The molecule has 0 spiro atoms. The summed E-state index contributed by atoms with van der Waals surface area (Å²) in [6.07, 6.45) is 1.77. The van der Waals surface area contributed by atoms with Gasteiger partial charge in [0.15, 0.2) is 5.13 Å². The molecule has 0 aliphatic rings. The number of hydrogen-bond donors (Lipinski definition) is 1. The first-order valence-electron chi connectivity index (χ1n) is 6.30. The molecule has 0 atom stereocenters. The Bertz CT molecular complexity index is 570. The number of ether oxygens (including phenoxy) is 1. The maximum atomic E-state index is 5.31. The fourth-order valence-corrected chi connectivity index (χ4v) is 2.62. The average molecular weight is 293 g/mol. The van der Waals surface area contributed by atoms with Gasteiger partial charge in [-0.1, -0.05) is 11.3 Å². The van der Waals surface area contributed by atoms with E-state index in [0.717, 1.165) is 21.5 Å². The van der Waals surface area contributed by atoms with Crippen molar-refractivity contribution in [2.24, 2.45) is 0 Å². The molecule has 0 aliphatic heterocycles. The van der Waals surface area contributed by atoms with Gasteiger partial charge in [0, 0.05) is 33.4 Å². The molecule has 2 rings (SSSR count). The highest BCUT2D eigenvalue weighted by Gasteiger charge is 2.12. The van der Waals surface area contributed by atoms with E-state index in [1.807, 2.05) is 32.0 Å². The summed E-state index contributed by atoms with van der Waals surface area (Å²) in [7, 11) is 5.59. The molecule has 0 aromatic carbocycles. The van der Waals surface area contributed by atoms with Crippen LogP contribution < -0.4 is 15.0 Å². The topological polar surface area (TPSA) is 63.2 Å². The molecule has 0 aliphatic carbocycles. The van der Waals surface area contributed by atoms with E-state index in [1.165, 1.54) is 0 Å². The molecule has 108 valence electrons. The molecule has 20 heavy (non-hydrogen) atoms. The van der Waals surface area contributed by atoms with Crippen molar-refractivity contribution in [3.63, 3.8) is 0 Å². The van der Waals surface area contributed by atoms with Crippen molar-refractivity contribution < 1.29 is 4.74 Å².